The van der Waals surface area contributed by atoms with Crippen molar-refractivity contribution in [1.29, 1.82) is 0 Å². The molecule has 1 saturated heterocycles. The normalized spacial score (nSPS) is 22.3. The van der Waals surface area contributed by atoms with E-state index in [4.69, 9.17) is 0 Å². The minimum absolute atomic E-state index is 0.152. The van der Waals surface area contributed by atoms with Gasteiger partial charge in [-0.15, -0.1) is 0 Å². The van der Waals surface area contributed by atoms with Crippen molar-refractivity contribution >= 4 is 21.8 Å². The lowest BCUT2D eigenvalue weighted by Gasteiger charge is -2.42. The lowest BCUT2D eigenvalue weighted by atomic mass is 9.84. The molecule has 0 aliphatic carbocycles. The number of hydrogen-bond donors (Lipinski definition) is 0. The van der Waals surface area contributed by atoms with E-state index in [1.54, 1.807) is 0 Å². The Hall–Kier alpha value is -0.830. The average Bonchev–Trinajstić information content (AvgIpc) is 2.35. The molecular formula is C16H22BrNO. The molecule has 0 N–H and O–H groups in total. The summed E-state index contributed by atoms with van der Waals surface area (Å²) in [6.45, 7) is 8.22. The first-order chi connectivity index (χ1) is 8.90. The Morgan fingerprint density at radius 3 is 2.74 bits per heavy atom. The predicted molar refractivity (Wildman–Crippen MR) is 82.6 cm³/mol. The summed E-state index contributed by atoms with van der Waals surface area (Å²) in [4.78, 5) is 14.9. The topological polar surface area (TPSA) is 20.3 Å². The maximum atomic E-state index is 12.4. The van der Waals surface area contributed by atoms with Gasteiger partial charge in [0.15, 0.2) is 0 Å². The van der Waals surface area contributed by atoms with Crippen molar-refractivity contribution in [2.24, 2.45) is 5.41 Å². The Morgan fingerprint density at radius 2 is 2.11 bits per heavy atom. The Balaban J connectivity index is 2.03. The summed E-state index contributed by atoms with van der Waals surface area (Å²) >= 11 is 3.73. The highest BCUT2D eigenvalue weighted by atomic mass is 79.9. The van der Waals surface area contributed by atoms with Crippen molar-refractivity contribution in [3.63, 3.8) is 0 Å². The van der Waals surface area contributed by atoms with Crippen LogP contribution in [0.4, 0.5) is 0 Å². The highest BCUT2D eigenvalue weighted by molar-refractivity contribution is 9.09. The van der Waals surface area contributed by atoms with Crippen LogP contribution in [0, 0.1) is 12.3 Å². The number of rotatable bonds is 2. The molecule has 1 aromatic rings. The maximum Gasteiger partial charge on any atom is 0.227 e. The molecule has 0 saturated carbocycles. The SMILES string of the molecule is Cc1ccccc1CC(=O)N1CCC(Br)C(C)(C)C1. The standard InChI is InChI=1S/C16H22BrNO/c1-12-6-4-5-7-13(12)10-15(19)18-9-8-14(17)16(2,3)11-18/h4-7,14H,8-11H2,1-3H3. The van der Waals surface area contributed by atoms with Gasteiger partial charge in [-0.25, -0.2) is 0 Å². The highest BCUT2D eigenvalue weighted by Gasteiger charge is 2.35. The molecule has 1 aliphatic rings. The molecule has 1 fully saturated rings. The van der Waals surface area contributed by atoms with Crippen LogP contribution in [0.15, 0.2) is 24.3 Å². The van der Waals surface area contributed by atoms with Gasteiger partial charge in [0, 0.05) is 17.9 Å². The average molecular weight is 324 g/mol. The Bertz CT molecular complexity index is 470. The Morgan fingerprint density at radius 1 is 1.42 bits per heavy atom. The van der Waals surface area contributed by atoms with E-state index in [-0.39, 0.29) is 11.3 Å². The van der Waals surface area contributed by atoms with Crippen LogP contribution in [0.25, 0.3) is 0 Å². The van der Waals surface area contributed by atoms with E-state index in [9.17, 15) is 4.79 Å². The fourth-order valence-corrected chi connectivity index (χ4v) is 2.98. The summed E-state index contributed by atoms with van der Waals surface area (Å²) < 4.78 is 0. The third-order valence-electron chi connectivity index (χ3n) is 4.05. The summed E-state index contributed by atoms with van der Waals surface area (Å²) in [6.07, 6.45) is 1.56. The molecule has 1 unspecified atom stereocenters. The predicted octanol–water partition coefficient (Wildman–Crippen LogP) is 3.56. The van der Waals surface area contributed by atoms with E-state index in [2.05, 4.69) is 48.8 Å². The van der Waals surface area contributed by atoms with Crippen LogP contribution in [-0.4, -0.2) is 28.7 Å². The van der Waals surface area contributed by atoms with E-state index in [0.29, 0.717) is 11.2 Å². The smallest absolute Gasteiger partial charge is 0.227 e. The zero-order valence-electron chi connectivity index (χ0n) is 11.9. The molecule has 2 rings (SSSR count). The van der Waals surface area contributed by atoms with Crippen LogP contribution < -0.4 is 0 Å². The van der Waals surface area contributed by atoms with Gasteiger partial charge in [0.2, 0.25) is 5.91 Å². The molecule has 104 valence electrons. The first kappa shape index (κ1) is 14.6. The van der Waals surface area contributed by atoms with Gasteiger partial charge in [0.05, 0.1) is 6.42 Å². The van der Waals surface area contributed by atoms with Crippen molar-refractivity contribution in [2.45, 2.75) is 38.4 Å². The molecule has 1 atom stereocenters. The third-order valence-corrected chi connectivity index (χ3v) is 5.75. The quantitative estimate of drug-likeness (QED) is 0.762. The number of carbonyl (C=O) groups excluding carboxylic acids is 1. The fraction of sp³-hybridized carbons (Fsp3) is 0.562. The summed E-state index contributed by atoms with van der Waals surface area (Å²) in [7, 11) is 0. The van der Waals surface area contributed by atoms with Gasteiger partial charge in [-0.05, 0) is 29.9 Å². The molecule has 0 aromatic heterocycles. The zero-order valence-corrected chi connectivity index (χ0v) is 13.5. The molecule has 1 heterocycles. The van der Waals surface area contributed by atoms with E-state index in [0.717, 1.165) is 25.1 Å². The van der Waals surface area contributed by atoms with E-state index in [1.165, 1.54) is 5.56 Å². The lowest BCUT2D eigenvalue weighted by molar-refractivity contribution is -0.133. The minimum atomic E-state index is 0.152. The number of aryl methyl sites for hydroxylation is 1. The summed E-state index contributed by atoms with van der Waals surface area (Å²) in [5.74, 6) is 0.252. The first-order valence-electron chi connectivity index (χ1n) is 6.86. The van der Waals surface area contributed by atoms with Gasteiger partial charge in [-0.1, -0.05) is 54.0 Å². The van der Waals surface area contributed by atoms with Crippen molar-refractivity contribution in [2.75, 3.05) is 13.1 Å². The molecule has 1 aromatic carbocycles. The molecule has 0 radical (unpaired) electrons. The number of benzene rings is 1. The number of carbonyl (C=O) groups is 1. The second-order valence-electron chi connectivity index (χ2n) is 6.16. The monoisotopic (exact) mass is 323 g/mol. The number of alkyl halides is 1. The number of hydrogen-bond acceptors (Lipinski definition) is 1. The number of piperidine rings is 1. The van der Waals surface area contributed by atoms with Gasteiger partial charge < -0.3 is 4.90 Å². The third kappa shape index (κ3) is 3.38. The van der Waals surface area contributed by atoms with Crippen LogP contribution in [0.1, 0.15) is 31.4 Å². The maximum absolute atomic E-state index is 12.4. The highest BCUT2D eigenvalue weighted by Crippen LogP contribution is 2.34. The van der Waals surface area contributed by atoms with Crippen molar-refractivity contribution in [1.82, 2.24) is 4.90 Å². The van der Waals surface area contributed by atoms with Gasteiger partial charge >= 0.3 is 0 Å². The number of amides is 1. The Labute approximate surface area is 124 Å². The molecule has 1 aliphatic heterocycles. The van der Waals surface area contributed by atoms with Crippen LogP contribution in [0.3, 0.4) is 0 Å². The lowest BCUT2D eigenvalue weighted by Crippen LogP contribution is -2.49. The van der Waals surface area contributed by atoms with E-state index in [1.807, 2.05) is 17.0 Å². The fourth-order valence-electron chi connectivity index (χ4n) is 2.63. The molecule has 3 heteroatoms. The second-order valence-corrected chi connectivity index (χ2v) is 7.27. The number of likely N-dealkylation sites (tertiary alicyclic amines) is 1. The van der Waals surface area contributed by atoms with Crippen LogP contribution in [0.2, 0.25) is 0 Å². The molecule has 0 spiro atoms. The number of nitrogens with zero attached hydrogens (tertiary/aromatic N) is 1. The van der Waals surface area contributed by atoms with E-state index < -0.39 is 0 Å². The van der Waals surface area contributed by atoms with Gasteiger partial charge in [-0.2, -0.15) is 0 Å². The van der Waals surface area contributed by atoms with Crippen molar-refractivity contribution in [3.05, 3.63) is 35.4 Å². The van der Waals surface area contributed by atoms with Crippen molar-refractivity contribution in [3.8, 4) is 0 Å². The zero-order chi connectivity index (χ0) is 14.0. The number of halogens is 1. The molecule has 1 amide bonds. The summed E-state index contributed by atoms with van der Waals surface area (Å²) in [6, 6.07) is 8.14. The Kier molecular flexibility index (Phi) is 4.34. The van der Waals surface area contributed by atoms with Gasteiger partial charge in [0.25, 0.3) is 0 Å². The second kappa shape index (κ2) is 5.66. The van der Waals surface area contributed by atoms with Crippen LogP contribution >= 0.6 is 15.9 Å². The summed E-state index contributed by atoms with van der Waals surface area (Å²) in [5, 5.41) is 0. The van der Waals surface area contributed by atoms with Crippen LogP contribution in [0.5, 0.6) is 0 Å². The van der Waals surface area contributed by atoms with Crippen LogP contribution in [-0.2, 0) is 11.2 Å². The van der Waals surface area contributed by atoms with Gasteiger partial charge in [-0.3, -0.25) is 4.79 Å². The first-order valence-corrected chi connectivity index (χ1v) is 7.78. The van der Waals surface area contributed by atoms with Gasteiger partial charge in [0.1, 0.15) is 0 Å². The van der Waals surface area contributed by atoms with Crippen molar-refractivity contribution < 1.29 is 4.79 Å². The molecule has 19 heavy (non-hydrogen) atoms. The molecular weight excluding hydrogens is 302 g/mol. The largest absolute Gasteiger partial charge is 0.342 e. The summed E-state index contributed by atoms with van der Waals surface area (Å²) in [5.41, 5.74) is 2.50. The molecule has 2 nitrogen and oxygen atoms in total. The molecule has 0 bridgehead atoms. The van der Waals surface area contributed by atoms with E-state index >= 15 is 0 Å². The minimum Gasteiger partial charge on any atom is -0.342 e.